The van der Waals surface area contributed by atoms with Crippen LogP contribution in [0.3, 0.4) is 0 Å². The summed E-state index contributed by atoms with van der Waals surface area (Å²) in [6.07, 6.45) is 1.91. The molecule has 1 aromatic rings. The monoisotopic (exact) mass is 298 g/mol. The average molecular weight is 299 g/mol. The molecule has 1 saturated heterocycles. The van der Waals surface area contributed by atoms with Crippen LogP contribution in [0.4, 0.5) is 0 Å². The van der Waals surface area contributed by atoms with E-state index >= 15 is 0 Å². The highest BCUT2D eigenvalue weighted by atomic mass is 79.9. The number of nitrogens with two attached hydrogens (primary N) is 1. The van der Waals surface area contributed by atoms with Crippen molar-refractivity contribution in [1.82, 2.24) is 4.90 Å². The zero-order valence-electron chi connectivity index (χ0n) is 9.40. The molecule has 0 radical (unpaired) electrons. The van der Waals surface area contributed by atoms with Gasteiger partial charge in [-0.15, -0.1) is 0 Å². The molecule has 3 N–H and O–H groups in total. The predicted octanol–water partition coefficient (Wildman–Crippen LogP) is 1.72. The number of likely N-dealkylation sites (tertiary alicyclic amines) is 1. The highest BCUT2D eigenvalue weighted by Crippen LogP contribution is 2.25. The second kappa shape index (κ2) is 5.06. The van der Waals surface area contributed by atoms with Gasteiger partial charge in [0.1, 0.15) is 5.75 Å². The van der Waals surface area contributed by atoms with Gasteiger partial charge < -0.3 is 15.7 Å². The second-order valence-electron chi connectivity index (χ2n) is 4.32. The standard InChI is InChI=1S/C12H15BrN2O2/c13-10-4-3-8(6-11(10)16)12(17)15-5-1-2-9(14)7-15/h3-4,6,9,16H,1-2,5,7,14H2/t9-/m1/s1. The van der Waals surface area contributed by atoms with Gasteiger partial charge in [-0.3, -0.25) is 4.79 Å². The first-order valence-electron chi connectivity index (χ1n) is 5.61. The van der Waals surface area contributed by atoms with Crippen LogP contribution in [-0.4, -0.2) is 35.0 Å². The fourth-order valence-corrected chi connectivity index (χ4v) is 2.27. The van der Waals surface area contributed by atoms with Gasteiger partial charge in [0.2, 0.25) is 0 Å². The van der Waals surface area contributed by atoms with Crippen molar-refractivity contribution < 1.29 is 9.90 Å². The summed E-state index contributed by atoms with van der Waals surface area (Å²) in [6, 6.07) is 4.92. The van der Waals surface area contributed by atoms with Gasteiger partial charge in [-0.25, -0.2) is 0 Å². The van der Waals surface area contributed by atoms with Crippen molar-refractivity contribution in [2.24, 2.45) is 5.73 Å². The quantitative estimate of drug-likeness (QED) is 0.829. The summed E-state index contributed by atoms with van der Waals surface area (Å²) in [5.74, 6) is 0.0140. The van der Waals surface area contributed by atoms with Crippen LogP contribution in [0.1, 0.15) is 23.2 Å². The third kappa shape index (κ3) is 2.79. The molecule has 1 amide bonds. The minimum absolute atomic E-state index is 0.0664. The largest absolute Gasteiger partial charge is 0.507 e. The molecule has 0 spiro atoms. The van der Waals surface area contributed by atoms with E-state index in [0.717, 1.165) is 19.4 Å². The first kappa shape index (κ1) is 12.4. The topological polar surface area (TPSA) is 66.6 Å². The molecule has 5 heteroatoms. The van der Waals surface area contributed by atoms with Crippen molar-refractivity contribution in [3.05, 3.63) is 28.2 Å². The molecule has 1 fully saturated rings. The van der Waals surface area contributed by atoms with E-state index in [1.807, 2.05) is 0 Å². The van der Waals surface area contributed by atoms with Gasteiger partial charge in [0.25, 0.3) is 5.91 Å². The Morgan fingerprint density at radius 2 is 2.29 bits per heavy atom. The van der Waals surface area contributed by atoms with E-state index in [0.29, 0.717) is 16.6 Å². The van der Waals surface area contributed by atoms with E-state index in [1.165, 1.54) is 6.07 Å². The normalized spacial score (nSPS) is 20.4. The highest BCUT2D eigenvalue weighted by molar-refractivity contribution is 9.10. The first-order valence-corrected chi connectivity index (χ1v) is 6.40. The SMILES string of the molecule is N[C@@H]1CCCN(C(=O)c2ccc(Br)c(O)c2)C1. The molecule has 1 aliphatic rings. The number of hydrogen-bond acceptors (Lipinski definition) is 3. The number of phenolic OH excluding ortho intramolecular Hbond substituents is 1. The fourth-order valence-electron chi connectivity index (χ4n) is 2.02. The Hall–Kier alpha value is -1.07. The number of halogens is 1. The zero-order chi connectivity index (χ0) is 12.4. The molecule has 4 nitrogen and oxygen atoms in total. The third-order valence-corrected chi connectivity index (χ3v) is 3.61. The Labute approximate surface area is 109 Å². The number of carbonyl (C=O) groups is 1. The maximum atomic E-state index is 12.2. The number of carbonyl (C=O) groups excluding carboxylic acids is 1. The van der Waals surface area contributed by atoms with Gasteiger partial charge in [0.05, 0.1) is 4.47 Å². The number of rotatable bonds is 1. The van der Waals surface area contributed by atoms with E-state index in [4.69, 9.17) is 5.73 Å². The Balaban J connectivity index is 2.15. The third-order valence-electron chi connectivity index (χ3n) is 2.94. The summed E-state index contributed by atoms with van der Waals surface area (Å²) >= 11 is 3.19. The summed E-state index contributed by atoms with van der Waals surface area (Å²) in [7, 11) is 0. The number of nitrogens with zero attached hydrogens (tertiary/aromatic N) is 1. The van der Waals surface area contributed by atoms with Crippen LogP contribution < -0.4 is 5.73 Å². The average Bonchev–Trinajstić information content (AvgIpc) is 2.32. The van der Waals surface area contributed by atoms with Crippen molar-refractivity contribution in [3.63, 3.8) is 0 Å². The van der Waals surface area contributed by atoms with Crippen LogP contribution in [0.25, 0.3) is 0 Å². The second-order valence-corrected chi connectivity index (χ2v) is 5.17. The van der Waals surface area contributed by atoms with Crippen LogP contribution in [0.2, 0.25) is 0 Å². The number of benzene rings is 1. The van der Waals surface area contributed by atoms with E-state index in [9.17, 15) is 9.90 Å². The van der Waals surface area contributed by atoms with E-state index in [-0.39, 0.29) is 17.7 Å². The molecular formula is C12H15BrN2O2. The van der Waals surface area contributed by atoms with Gasteiger partial charge in [-0.05, 0) is 47.0 Å². The van der Waals surface area contributed by atoms with Crippen LogP contribution in [0.5, 0.6) is 5.75 Å². The molecule has 1 aromatic carbocycles. The van der Waals surface area contributed by atoms with Gasteiger partial charge >= 0.3 is 0 Å². The molecular weight excluding hydrogens is 284 g/mol. The van der Waals surface area contributed by atoms with E-state index in [1.54, 1.807) is 17.0 Å². The number of piperidine rings is 1. The highest BCUT2D eigenvalue weighted by Gasteiger charge is 2.22. The van der Waals surface area contributed by atoms with Crippen LogP contribution in [0, 0.1) is 0 Å². The fraction of sp³-hybridized carbons (Fsp3) is 0.417. The Morgan fingerprint density at radius 3 is 2.94 bits per heavy atom. The Morgan fingerprint density at radius 1 is 1.53 bits per heavy atom. The van der Waals surface area contributed by atoms with E-state index in [2.05, 4.69) is 15.9 Å². The molecule has 0 aliphatic carbocycles. The van der Waals surface area contributed by atoms with Gasteiger partial charge in [0, 0.05) is 24.7 Å². The lowest BCUT2D eigenvalue weighted by molar-refractivity contribution is 0.0708. The van der Waals surface area contributed by atoms with Crippen molar-refractivity contribution >= 4 is 21.8 Å². The van der Waals surface area contributed by atoms with Crippen molar-refractivity contribution in [1.29, 1.82) is 0 Å². The first-order chi connectivity index (χ1) is 8.08. The number of aromatic hydroxyl groups is 1. The lowest BCUT2D eigenvalue weighted by atomic mass is 10.1. The zero-order valence-corrected chi connectivity index (χ0v) is 11.0. The smallest absolute Gasteiger partial charge is 0.254 e. The van der Waals surface area contributed by atoms with Gasteiger partial charge in [-0.1, -0.05) is 0 Å². The lowest BCUT2D eigenvalue weighted by Crippen LogP contribution is -2.45. The molecule has 0 saturated carbocycles. The molecule has 1 heterocycles. The summed E-state index contributed by atoms with van der Waals surface area (Å²) in [4.78, 5) is 13.9. The maximum absolute atomic E-state index is 12.2. The van der Waals surface area contributed by atoms with Crippen molar-refractivity contribution in [2.45, 2.75) is 18.9 Å². The molecule has 1 atom stereocenters. The number of amides is 1. The van der Waals surface area contributed by atoms with Crippen molar-refractivity contribution in [3.8, 4) is 5.75 Å². The molecule has 0 bridgehead atoms. The predicted molar refractivity (Wildman–Crippen MR) is 68.9 cm³/mol. The number of hydrogen-bond donors (Lipinski definition) is 2. The summed E-state index contributed by atoms with van der Waals surface area (Å²) in [5, 5.41) is 9.56. The minimum Gasteiger partial charge on any atom is -0.507 e. The molecule has 0 aromatic heterocycles. The summed E-state index contributed by atoms with van der Waals surface area (Å²) < 4.78 is 0.587. The maximum Gasteiger partial charge on any atom is 0.254 e. The molecule has 1 aliphatic heterocycles. The molecule has 17 heavy (non-hydrogen) atoms. The van der Waals surface area contributed by atoms with Crippen LogP contribution in [0.15, 0.2) is 22.7 Å². The Kier molecular flexibility index (Phi) is 3.69. The van der Waals surface area contributed by atoms with Crippen LogP contribution in [-0.2, 0) is 0 Å². The number of phenols is 1. The van der Waals surface area contributed by atoms with Crippen LogP contribution >= 0.6 is 15.9 Å². The van der Waals surface area contributed by atoms with Gasteiger partial charge in [-0.2, -0.15) is 0 Å². The Bertz CT molecular complexity index is 437. The van der Waals surface area contributed by atoms with E-state index < -0.39 is 0 Å². The summed E-state index contributed by atoms with van der Waals surface area (Å²) in [5.41, 5.74) is 6.34. The molecule has 92 valence electrons. The van der Waals surface area contributed by atoms with Crippen molar-refractivity contribution in [2.75, 3.05) is 13.1 Å². The molecule has 2 rings (SSSR count). The summed E-state index contributed by atoms with van der Waals surface area (Å²) in [6.45, 7) is 1.33. The molecule has 0 unspecified atom stereocenters. The minimum atomic E-state index is -0.0667. The van der Waals surface area contributed by atoms with Gasteiger partial charge in [0.15, 0.2) is 0 Å². The lowest BCUT2D eigenvalue weighted by Gasteiger charge is -2.30.